The normalized spacial score (nSPS) is 20.4. The predicted octanol–water partition coefficient (Wildman–Crippen LogP) is 1.58. The molecule has 1 aliphatic carbocycles. The van der Waals surface area contributed by atoms with Gasteiger partial charge in [-0.1, -0.05) is 6.07 Å². The maximum atomic E-state index is 12.4. The van der Waals surface area contributed by atoms with Crippen molar-refractivity contribution in [2.24, 2.45) is 5.92 Å². The molecule has 1 unspecified atom stereocenters. The fourth-order valence-electron chi connectivity index (χ4n) is 2.96. The van der Waals surface area contributed by atoms with Gasteiger partial charge in [-0.15, -0.1) is 11.3 Å². The van der Waals surface area contributed by atoms with Crippen LogP contribution in [0.1, 0.15) is 23.8 Å². The Kier molecular flexibility index (Phi) is 6.05. The Morgan fingerprint density at radius 3 is 2.91 bits per heavy atom. The van der Waals surface area contributed by atoms with Gasteiger partial charge in [0.2, 0.25) is 5.91 Å². The third-order valence-corrected chi connectivity index (χ3v) is 5.61. The third kappa shape index (κ3) is 5.01. The average Bonchev–Trinajstić information content (AvgIpc) is 3.24. The Bertz CT molecular complexity index is 484. The zero-order chi connectivity index (χ0) is 16.1. The summed E-state index contributed by atoms with van der Waals surface area (Å²) in [4.78, 5) is 18.0. The van der Waals surface area contributed by atoms with E-state index in [-0.39, 0.29) is 11.9 Å². The highest BCUT2D eigenvalue weighted by Gasteiger charge is 2.26. The van der Waals surface area contributed by atoms with Crippen LogP contribution in [0.25, 0.3) is 0 Å². The molecule has 2 aliphatic rings. The van der Waals surface area contributed by atoms with E-state index in [9.17, 15) is 4.79 Å². The van der Waals surface area contributed by atoms with Gasteiger partial charge in [-0.2, -0.15) is 0 Å². The molecule has 6 heteroatoms. The molecule has 3 rings (SSSR count). The summed E-state index contributed by atoms with van der Waals surface area (Å²) in [6.07, 6.45) is 2.63. The van der Waals surface area contributed by atoms with Gasteiger partial charge in [0.25, 0.3) is 0 Å². The molecule has 2 heterocycles. The van der Waals surface area contributed by atoms with Crippen LogP contribution in [0.4, 0.5) is 0 Å². The molecule has 0 spiro atoms. The van der Waals surface area contributed by atoms with Crippen molar-refractivity contribution >= 4 is 17.2 Å². The Hall–Kier alpha value is -0.950. The number of amides is 1. The molecule has 2 fully saturated rings. The lowest BCUT2D eigenvalue weighted by atomic mass is 10.1. The minimum absolute atomic E-state index is 0.181. The van der Waals surface area contributed by atoms with E-state index in [2.05, 4.69) is 27.7 Å². The average molecular weight is 337 g/mol. The molecule has 1 saturated carbocycles. The smallest absolute Gasteiger partial charge is 0.236 e. The molecule has 1 N–H and O–H groups in total. The number of rotatable bonds is 8. The fourth-order valence-corrected chi connectivity index (χ4v) is 3.81. The van der Waals surface area contributed by atoms with Gasteiger partial charge in [0.05, 0.1) is 25.8 Å². The number of thiophene rings is 1. The first kappa shape index (κ1) is 16.9. The van der Waals surface area contributed by atoms with Gasteiger partial charge in [-0.3, -0.25) is 9.69 Å². The second-order valence-electron chi connectivity index (χ2n) is 6.53. The number of ether oxygens (including phenoxy) is 1. The van der Waals surface area contributed by atoms with E-state index in [4.69, 9.17) is 4.74 Å². The van der Waals surface area contributed by atoms with Crippen LogP contribution in [0.3, 0.4) is 0 Å². The SMILES string of the molecule is CN(CC(c1cccs1)N1CCOCC1)C(=O)CNCC1CC1. The maximum Gasteiger partial charge on any atom is 0.236 e. The van der Waals surface area contributed by atoms with E-state index in [1.807, 2.05) is 11.9 Å². The third-order valence-electron chi connectivity index (χ3n) is 4.64. The molecule has 1 atom stereocenters. The van der Waals surface area contributed by atoms with E-state index in [1.165, 1.54) is 17.7 Å². The molecule has 1 aliphatic heterocycles. The van der Waals surface area contributed by atoms with Crippen LogP contribution in [-0.2, 0) is 9.53 Å². The van der Waals surface area contributed by atoms with Crippen LogP contribution in [0.15, 0.2) is 17.5 Å². The van der Waals surface area contributed by atoms with Gasteiger partial charge < -0.3 is 15.0 Å². The highest BCUT2D eigenvalue weighted by Crippen LogP contribution is 2.28. The molecule has 0 aromatic carbocycles. The lowest BCUT2D eigenvalue weighted by molar-refractivity contribution is -0.130. The number of morpholine rings is 1. The van der Waals surface area contributed by atoms with Crippen LogP contribution in [-0.4, -0.2) is 68.7 Å². The van der Waals surface area contributed by atoms with Crippen LogP contribution in [0.5, 0.6) is 0 Å². The van der Waals surface area contributed by atoms with Crippen molar-refractivity contribution < 1.29 is 9.53 Å². The molecule has 23 heavy (non-hydrogen) atoms. The van der Waals surface area contributed by atoms with Gasteiger partial charge in [0.1, 0.15) is 0 Å². The van der Waals surface area contributed by atoms with Gasteiger partial charge in [0, 0.05) is 31.6 Å². The van der Waals surface area contributed by atoms with Crippen molar-refractivity contribution in [1.29, 1.82) is 0 Å². The van der Waals surface area contributed by atoms with E-state index >= 15 is 0 Å². The lowest BCUT2D eigenvalue weighted by Crippen LogP contribution is -2.45. The summed E-state index contributed by atoms with van der Waals surface area (Å²) >= 11 is 1.77. The number of hydrogen-bond acceptors (Lipinski definition) is 5. The monoisotopic (exact) mass is 337 g/mol. The van der Waals surface area contributed by atoms with Crippen molar-refractivity contribution in [3.8, 4) is 0 Å². The first-order chi connectivity index (χ1) is 11.2. The number of hydrogen-bond donors (Lipinski definition) is 1. The minimum Gasteiger partial charge on any atom is -0.379 e. The summed E-state index contributed by atoms with van der Waals surface area (Å²) < 4.78 is 5.47. The molecule has 128 valence electrons. The number of nitrogens with zero attached hydrogens (tertiary/aromatic N) is 2. The summed E-state index contributed by atoms with van der Waals surface area (Å²) in [6, 6.07) is 4.54. The summed E-state index contributed by atoms with van der Waals surface area (Å²) in [5.74, 6) is 0.987. The predicted molar refractivity (Wildman–Crippen MR) is 92.7 cm³/mol. The van der Waals surface area contributed by atoms with Gasteiger partial charge >= 0.3 is 0 Å². The first-order valence-corrected chi connectivity index (χ1v) is 9.42. The Morgan fingerprint density at radius 2 is 2.26 bits per heavy atom. The zero-order valence-electron chi connectivity index (χ0n) is 13.9. The Morgan fingerprint density at radius 1 is 1.48 bits per heavy atom. The van der Waals surface area contributed by atoms with Crippen LogP contribution in [0.2, 0.25) is 0 Å². The Labute approximate surface area is 142 Å². The van der Waals surface area contributed by atoms with Crippen molar-refractivity contribution in [3.63, 3.8) is 0 Å². The summed E-state index contributed by atoms with van der Waals surface area (Å²) in [6.45, 7) is 5.61. The molecule has 5 nitrogen and oxygen atoms in total. The topological polar surface area (TPSA) is 44.8 Å². The quantitative estimate of drug-likeness (QED) is 0.782. The highest BCUT2D eigenvalue weighted by atomic mass is 32.1. The number of likely N-dealkylation sites (N-methyl/N-ethyl adjacent to an activating group) is 1. The van der Waals surface area contributed by atoms with Gasteiger partial charge in [0.15, 0.2) is 0 Å². The zero-order valence-corrected chi connectivity index (χ0v) is 14.7. The van der Waals surface area contributed by atoms with Gasteiger partial charge in [-0.25, -0.2) is 0 Å². The number of carbonyl (C=O) groups is 1. The van der Waals surface area contributed by atoms with Crippen LogP contribution in [0, 0.1) is 5.92 Å². The summed E-state index contributed by atoms with van der Waals surface area (Å²) in [5, 5.41) is 5.41. The van der Waals surface area contributed by atoms with E-state index in [0.717, 1.165) is 45.3 Å². The molecule has 1 aromatic rings. The lowest BCUT2D eigenvalue weighted by Gasteiger charge is -2.36. The molecule has 1 aromatic heterocycles. The van der Waals surface area contributed by atoms with Gasteiger partial charge in [-0.05, 0) is 36.8 Å². The number of nitrogens with one attached hydrogen (secondary N) is 1. The highest BCUT2D eigenvalue weighted by molar-refractivity contribution is 7.10. The molecular weight excluding hydrogens is 310 g/mol. The fraction of sp³-hybridized carbons (Fsp3) is 0.706. The van der Waals surface area contributed by atoms with Crippen molar-refractivity contribution in [3.05, 3.63) is 22.4 Å². The standard InChI is InChI=1S/C17H27N3O2S/c1-19(17(21)12-18-11-14-4-5-14)13-15(16-3-2-10-23-16)20-6-8-22-9-7-20/h2-3,10,14-15,18H,4-9,11-13H2,1H3. The maximum absolute atomic E-state index is 12.4. The van der Waals surface area contributed by atoms with E-state index in [1.54, 1.807) is 11.3 Å². The van der Waals surface area contributed by atoms with Crippen molar-refractivity contribution in [2.45, 2.75) is 18.9 Å². The number of carbonyl (C=O) groups excluding carboxylic acids is 1. The molecule has 1 saturated heterocycles. The van der Waals surface area contributed by atoms with E-state index in [0.29, 0.717) is 6.54 Å². The summed E-state index contributed by atoms with van der Waals surface area (Å²) in [5.41, 5.74) is 0. The second-order valence-corrected chi connectivity index (χ2v) is 7.51. The van der Waals surface area contributed by atoms with Crippen molar-refractivity contribution in [2.75, 3.05) is 53.0 Å². The Balaban J connectivity index is 1.54. The summed E-state index contributed by atoms with van der Waals surface area (Å²) in [7, 11) is 1.92. The van der Waals surface area contributed by atoms with Crippen LogP contribution >= 0.6 is 11.3 Å². The minimum atomic E-state index is 0.181. The molecular formula is C17H27N3O2S. The molecule has 0 radical (unpaired) electrons. The largest absolute Gasteiger partial charge is 0.379 e. The molecule has 0 bridgehead atoms. The van der Waals surface area contributed by atoms with Crippen LogP contribution < -0.4 is 5.32 Å². The first-order valence-electron chi connectivity index (χ1n) is 8.54. The van der Waals surface area contributed by atoms with Crippen molar-refractivity contribution in [1.82, 2.24) is 15.1 Å². The molecule has 1 amide bonds. The van der Waals surface area contributed by atoms with E-state index < -0.39 is 0 Å². The second kappa shape index (κ2) is 8.24.